The van der Waals surface area contributed by atoms with Crippen LogP contribution >= 0.6 is 11.6 Å². The molecule has 4 heterocycles. The smallest absolute Gasteiger partial charge is 0.410 e. The van der Waals surface area contributed by atoms with Crippen molar-refractivity contribution in [3.8, 4) is 0 Å². The number of fused-ring (bicyclic) bond motifs is 3. The topological polar surface area (TPSA) is 61.8 Å². The van der Waals surface area contributed by atoms with Crippen molar-refractivity contribution < 1.29 is 9.53 Å². The molecule has 0 aliphatic carbocycles. The molecule has 3 aliphatic heterocycles. The van der Waals surface area contributed by atoms with Crippen LogP contribution in [0.4, 0.5) is 10.6 Å². The van der Waals surface area contributed by atoms with E-state index in [1.807, 2.05) is 31.7 Å². The van der Waals surface area contributed by atoms with Crippen molar-refractivity contribution in [2.75, 3.05) is 18.0 Å². The Morgan fingerprint density at radius 3 is 2.44 bits per heavy atom. The maximum atomic E-state index is 12.9. The van der Waals surface area contributed by atoms with Gasteiger partial charge in [-0.1, -0.05) is 30.3 Å². The van der Waals surface area contributed by atoms with Crippen molar-refractivity contribution in [1.29, 1.82) is 0 Å². The number of rotatable bonds is 3. The van der Waals surface area contributed by atoms with Crippen LogP contribution in [0, 0.1) is 0 Å². The normalized spacial score (nSPS) is 24.8. The highest BCUT2D eigenvalue weighted by Crippen LogP contribution is 2.37. The molecular formula is C26H34ClN5O2. The van der Waals surface area contributed by atoms with Gasteiger partial charge in [0, 0.05) is 37.8 Å². The number of benzene rings is 1. The molecule has 3 atom stereocenters. The summed E-state index contributed by atoms with van der Waals surface area (Å²) in [6, 6.07) is 11.2. The Labute approximate surface area is 207 Å². The number of carbonyl (C=O) groups excluding carboxylic acids is 1. The third kappa shape index (κ3) is 4.73. The minimum absolute atomic E-state index is 0.133. The van der Waals surface area contributed by atoms with Crippen LogP contribution < -0.4 is 4.90 Å². The van der Waals surface area contributed by atoms with Gasteiger partial charge < -0.3 is 9.64 Å². The van der Waals surface area contributed by atoms with E-state index < -0.39 is 5.60 Å². The van der Waals surface area contributed by atoms with Crippen LogP contribution in [-0.2, 0) is 24.2 Å². The summed E-state index contributed by atoms with van der Waals surface area (Å²) < 4.78 is 5.70. The van der Waals surface area contributed by atoms with Crippen LogP contribution in [0.1, 0.15) is 57.4 Å². The average Bonchev–Trinajstić information content (AvgIpc) is 3.04. The SMILES string of the molecule is CC1Cc2c(nc(Cl)nc2N2CC3CCC(C2)N3C(=O)OC(C)(C)C)CN1Cc1ccccc1. The number of hydrogen-bond acceptors (Lipinski definition) is 6. The maximum absolute atomic E-state index is 12.9. The summed E-state index contributed by atoms with van der Waals surface area (Å²) in [6.45, 7) is 11.2. The van der Waals surface area contributed by atoms with E-state index in [1.165, 1.54) is 11.1 Å². The number of aromatic nitrogens is 2. The number of nitrogens with zero attached hydrogens (tertiary/aromatic N) is 5. The summed E-state index contributed by atoms with van der Waals surface area (Å²) in [5, 5.41) is 0.296. The van der Waals surface area contributed by atoms with Gasteiger partial charge in [0.1, 0.15) is 11.4 Å². The Hall–Kier alpha value is -2.38. The first kappa shape index (κ1) is 23.4. The summed E-state index contributed by atoms with van der Waals surface area (Å²) in [4.78, 5) is 28.9. The molecule has 0 spiro atoms. The molecule has 0 radical (unpaired) electrons. The highest BCUT2D eigenvalue weighted by molar-refractivity contribution is 6.28. The second-order valence-electron chi connectivity index (χ2n) is 10.9. The van der Waals surface area contributed by atoms with Gasteiger partial charge in [0.15, 0.2) is 0 Å². The number of carbonyl (C=O) groups is 1. The Morgan fingerprint density at radius 2 is 1.79 bits per heavy atom. The van der Waals surface area contributed by atoms with Crippen molar-refractivity contribution in [3.05, 3.63) is 52.4 Å². The van der Waals surface area contributed by atoms with E-state index in [2.05, 4.69) is 46.0 Å². The first-order chi connectivity index (χ1) is 16.2. The molecule has 8 heteroatoms. The zero-order chi connectivity index (χ0) is 24.0. The Kier molecular flexibility index (Phi) is 6.19. The molecule has 1 amide bonds. The third-order valence-corrected chi connectivity index (χ3v) is 7.30. The van der Waals surface area contributed by atoms with Gasteiger partial charge in [-0.2, -0.15) is 0 Å². The molecule has 3 aliphatic rings. The summed E-state index contributed by atoms with van der Waals surface area (Å²) in [7, 11) is 0. The Bertz CT molecular complexity index is 1040. The lowest BCUT2D eigenvalue weighted by atomic mass is 9.97. The van der Waals surface area contributed by atoms with Crippen LogP contribution in [0.5, 0.6) is 0 Å². The van der Waals surface area contributed by atoms with E-state index in [4.69, 9.17) is 21.3 Å². The highest BCUT2D eigenvalue weighted by Gasteiger charge is 2.45. The first-order valence-electron chi connectivity index (χ1n) is 12.3. The standard InChI is InChI=1S/C26H34ClN5O2/c1-17-12-21-22(16-30(17)13-18-8-6-5-7-9-18)28-24(27)29-23(21)31-14-19-10-11-20(15-31)32(19)25(33)34-26(2,3)4/h5-9,17,19-20H,10-16H2,1-4H3. The van der Waals surface area contributed by atoms with Crippen molar-refractivity contribution in [1.82, 2.24) is 19.8 Å². The fraction of sp³-hybridized carbons (Fsp3) is 0.577. The second-order valence-corrected chi connectivity index (χ2v) is 11.2. The van der Waals surface area contributed by atoms with Gasteiger partial charge in [-0.25, -0.2) is 14.8 Å². The lowest BCUT2D eigenvalue weighted by molar-refractivity contribution is 0.0122. The molecular weight excluding hydrogens is 450 g/mol. The minimum Gasteiger partial charge on any atom is -0.444 e. The largest absolute Gasteiger partial charge is 0.444 e. The Balaban J connectivity index is 1.36. The van der Waals surface area contributed by atoms with Crippen molar-refractivity contribution in [3.63, 3.8) is 0 Å². The molecule has 2 fully saturated rings. The minimum atomic E-state index is -0.491. The lowest BCUT2D eigenvalue weighted by Gasteiger charge is -2.43. The number of ether oxygens (including phenoxy) is 1. The van der Waals surface area contributed by atoms with Gasteiger partial charge in [-0.3, -0.25) is 9.80 Å². The third-order valence-electron chi connectivity index (χ3n) is 7.13. The van der Waals surface area contributed by atoms with Gasteiger partial charge in [0.05, 0.1) is 17.8 Å². The maximum Gasteiger partial charge on any atom is 0.410 e. The molecule has 182 valence electrons. The molecule has 5 rings (SSSR count). The fourth-order valence-corrected chi connectivity index (χ4v) is 5.76. The van der Waals surface area contributed by atoms with Crippen LogP contribution in [0.25, 0.3) is 0 Å². The van der Waals surface area contributed by atoms with Crippen molar-refractivity contribution in [2.45, 2.75) is 83.8 Å². The van der Waals surface area contributed by atoms with E-state index in [0.29, 0.717) is 11.3 Å². The predicted octanol–water partition coefficient (Wildman–Crippen LogP) is 4.66. The first-order valence-corrected chi connectivity index (χ1v) is 12.7. The van der Waals surface area contributed by atoms with Gasteiger partial charge in [-0.15, -0.1) is 0 Å². The summed E-state index contributed by atoms with van der Waals surface area (Å²) in [5.41, 5.74) is 3.03. The molecule has 7 nitrogen and oxygen atoms in total. The van der Waals surface area contributed by atoms with Crippen LogP contribution in [0.15, 0.2) is 30.3 Å². The van der Waals surface area contributed by atoms with Crippen LogP contribution in [-0.4, -0.2) is 62.7 Å². The van der Waals surface area contributed by atoms with E-state index in [-0.39, 0.29) is 18.2 Å². The second kappa shape index (κ2) is 9.00. The molecule has 2 bridgehead atoms. The number of piperazine rings is 1. The molecule has 34 heavy (non-hydrogen) atoms. The summed E-state index contributed by atoms with van der Waals surface area (Å²) in [6.07, 6.45) is 2.66. The molecule has 2 saturated heterocycles. The van der Waals surface area contributed by atoms with E-state index in [0.717, 1.165) is 57.0 Å². The number of halogens is 1. The van der Waals surface area contributed by atoms with Crippen LogP contribution in [0.2, 0.25) is 5.28 Å². The number of amides is 1. The van der Waals surface area contributed by atoms with Gasteiger partial charge in [0.2, 0.25) is 5.28 Å². The van der Waals surface area contributed by atoms with Gasteiger partial charge in [-0.05, 0) is 64.1 Å². The monoisotopic (exact) mass is 483 g/mol. The average molecular weight is 484 g/mol. The molecule has 0 N–H and O–H groups in total. The number of anilines is 1. The predicted molar refractivity (Wildman–Crippen MR) is 133 cm³/mol. The Morgan fingerprint density at radius 1 is 1.12 bits per heavy atom. The van der Waals surface area contributed by atoms with E-state index >= 15 is 0 Å². The molecule has 1 aromatic heterocycles. The number of hydrogen-bond donors (Lipinski definition) is 0. The van der Waals surface area contributed by atoms with Crippen LogP contribution in [0.3, 0.4) is 0 Å². The fourth-order valence-electron chi connectivity index (χ4n) is 5.58. The van der Waals surface area contributed by atoms with E-state index in [1.54, 1.807) is 0 Å². The zero-order valence-corrected chi connectivity index (χ0v) is 21.3. The van der Waals surface area contributed by atoms with E-state index in [9.17, 15) is 4.79 Å². The molecule has 0 saturated carbocycles. The van der Waals surface area contributed by atoms with Crippen molar-refractivity contribution in [2.24, 2.45) is 0 Å². The zero-order valence-electron chi connectivity index (χ0n) is 20.5. The summed E-state index contributed by atoms with van der Waals surface area (Å²) >= 11 is 6.43. The van der Waals surface area contributed by atoms with Crippen molar-refractivity contribution >= 4 is 23.5 Å². The van der Waals surface area contributed by atoms with Gasteiger partial charge >= 0.3 is 6.09 Å². The molecule has 1 aromatic carbocycles. The molecule has 3 unspecified atom stereocenters. The summed E-state index contributed by atoms with van der Waals surface area (Å²) in [5.74, 6) is 0.946. The lowest BCUT2D eigenvalue weighted by Crippen LogP contribution is -2.57. The van der Waals surface area contributed by atoms with Gasteiger partial charge in [0.25, 0.3) is 0 Å². The highest BCUT2D eigenvalue weighted by atomic mass is 35.5. The molecule has 2 aromatic rings. The quantitative estimate of drug-likeness (QED) is 0.591.